The number of nitrogens with zero attached hydrogens (tertiary/aromatic N) is 1. The number of nitro benzene ring substituents is 1. The van der Waals surface area contributed by atoms with Gasteiger partial charge in [-0.3, -0.25) is 14.9 Å². The first-order valence-electron chi connectivity index (χ1n) is 7.51. The van der Waals surface area contributed by atoms with Crippen molar-refractivity contribution in [2.75, 3.05) is 12.4 Å². The first-order chi connectivity index (χ1) is 12.7. The molecule has 0 aliphatic rings. The fraction of sp³-hybridized carbons (Fsp3) is 0.176. The topological polar surface area (TPSA) is 108 Å². The van der Waals surface area contributed by atoms with Gasteiger partial charge >= 0.3 is 5.97 Å². The van der Waals surface area contributed by atoms with Crippen molar-refractivity contribution >= 4 is 23.3 Å². The monoisotopic (exact) mass is 380 g/mol. The summed E-state index contributed by atoms with van der Waals surface area (Å²) >= 11 is 0. The molecule has 2 aromatic carbocycles. The number of halogens is 2. The molecule has 27 heavy (non-hydrogen) atoms. The normalized spacial score (nSPS) is 11.4. The van der Waals surface area contributed by atoms with Gasteiger partial charge in [-0.15, -0.1) is 0 Å². The zero-order valence-electron chi connectivity index (χ0n) is 14.2. The van der Waals surface area contributed by atoms with Crippen LogP contribution in [0.2, 0.25) is 0 Å². The van der Waals surface area contributed by atoms with Crippen molar-refractivity contribution in [2.45, 2.75) is 13.0 Å². The molecule has 0 bridgehead atoms. The Balaban J connectivity index is 2.12. The van der Waals surface area contributed by atoms with E-state index in [0.717, 1.165) is 18.2 Å². The molecule has 2 aromatic rings. The minimum absolute atomic E-state index is 0.134. The maximum atomic E-state index is 13.2. The molecule has 0 heterocycles. The minimum atomic E-state index is -1.38. The van der Waals surface area contributed by atoms with E-state index in [1.165, 1.54) is 26.2 Å². The van der Waals surface area contributed by atoms with Crippen molar-refractivity contribution in [3.05, 3.63) is 63.7 Å². The number of amides is 1. The molecule has 0 unspecified atom stereocenters. The van der Waals surface area contributed by atoms with E-state index >= 15 is 0 Å². The number of nitrogens with one attached hydrogen (secondary N) is 1. The zero-order chi connectivity index (χ0) is 20.1. The molecule has 2 rings (SSSR count). The van der Waals surface area contributed by atoms with Crippen LogP contribution in [0.1, 0.15) is 17.3 Å². The van der Waals surface area contributed by atoms with Crippen LogP contribution >= 0.6 is 0 Å². The van der Waals surface area contributed by atoms with Gasteiger partial charge in [0.25, 0.3) is 11.6 Å². The van der Waals surface area contributed by atoms with E-state index < -0.39 is 45.8 Å². The lowest BCUT2D eigenvalue weighted by atomic mass is 10.2. The van der Waals surface area contributed by atoms with Crippen LogP contribution in [-0.4, -0.2) is 30.0 Å². The quantitative estimate of drug-likeness (QED) is 0.469. The lowest BCUT2D eigenvalue weighted by Gasteiger charge is -2.14. The molecule has 8 nitrogen and oxygen atoms in total. The van der Waals surface area contributed by atoms with E-state index in [-0.39, 0.29) is 11.4 Å². The summed E-state index contributed by atoms with van der Waals surface area (Å²) in [5, 5.41) is 13.4. The molecule has 1 amide bonds. The van der Waals surface area contributed by atoms with Crippen LogP contribution in [0.25, 0.3) is 0 Å². The summed E-state index contributed by atoms with van der Waals surface area (Å²) in [4.78, 5) is 34.5. The summed E-state index contributed by atoms with van der Waals surface area (Å²) in [6.45, 7) is 1.21. The molecule has 0 aliphatic heterocycles. The van der Waals surface area contributed by atoms with Gasteiger partial charge in [0, 0.05) is 6.07 Å². The lowest BCUT2D eigenvalue weighted by Crippen LogP contribution is -2.30. The van der Waals surface area contributed by atoms with Gasteiger partial charge in [-0.1, -0.05) is 0 Å². The fourth-order valence-corrected chi connectivity index (χ4v) is 2.08. The number of rotatable bonds is 6. The fourth-order valence-electron chi connectivity index (χ4n) is 2.08. The Hall–Kier alpha value is -3.56. The van der Waals surface area contributed by atoms with Crippen LogP contribution < -0.4 is 10.1 Å². The molecule has 0 radical (unpaired) electrons. The average Bonchev–Trinajstić information content (AvgIpc) is 2.60. The number of nitro groups is 1. The van der Waals surface area contributed by atoms with Crippen molar-refractivity contribution in [2.24, 2.45) is 0 Å². The second kappa shape index (κ2) is 8.21. The highest BCUT2D eigenvalue weighted by Gasteiger charge is 2.23. The number of ether oxygens (including phenoxy) is 2. The van der Waals surface area contributed by atoms with Gasteiger partial charge in [0.15, 0.2) is 6.10 Å². The smallest absolute Gasteiger partial charge is 0.339 e. The summed E-state index contributed by atoms with van der Waals surface area (Å²) in [7, 11) is 1.33. The Kier molecular flexibility index (Phi) is 6.01. The number of carbonyl (C=O) groups is 2. The molecule has 10 heteroatoms. The van der Waals surface area contributed by atoms with Crippen molar-refractivity contribution in [3.8, 4) is 5.75 Å². The predicted octanol–water partition coefficient (Wildman–Crippen LogP) is 3.07. The van der Waals surface area contributed by atoms with Crippen molar-refractivity contribution in [1.82, 2.24) is 0 Å². The van der Waals surface area contributed by atoms with Gasteiger partial charge in [-0.05, 0) is 31.2 Å². The first kappa shape index (κ1) is 19.8. The van der Waals surface area contributed by atoms with Crippen LogP contribution in [0.15, 0.2) is 36.4 Å². The molecule has 0 spiro atoms. The third-order valence-corrected chi connectivity index (χ3v) is 3.41. The van der Waals surface area contributed by atoms with Crippen LogP contribution in [-0.2, 0) is 9.53 Å². The van der Waals surface area contributed by atoms with Crippen LogP contribution in [0.5, 0.6) is 5.75 Å². The van der Waals surface area contributed by atoms with Gasteiger partial charge in [-0.2, -0.15) is 0 Å². The molecule has 0 aromatic heterocycles. The SMILES string of the molecule is COc1ccc(NC(=O)[C@@H](C)OC(=O)c2cc(F)cc(F)c2)c([N+](=O)[O-])c1. The molecule has 0 fully saturated rings. The van der Waals surface area contributed by atoms with Gasteiger partial charge in [0.05, 0.1) is 23.7 Å². The maximum absolute atomic E-state index is 13.2. The maximum Gasteiger partial charge on any atom is 0.339 e. The second-order valence-corrected chi connectivity index (χ2v) is 5.34. The largest absolute Gasteiger partial charge is 0.496 e. The molecule has 1 N–H and O–H groups in total. The Labute approximate surface area is 151 Å². The second-order valence-electron chi connectivity index (χ2n) is 5.34. The van der Waals surface area contributed by atoms with E-state index in [4.69, 9.17) is 9.47 Å². The highest BCUT2D eigenvalue weighted by molar-refractivity contribution is 5.98. The summed E-state index contributed by atoms with van der Waals surface area (Å²) < 4.78 is 36.0. The van der Waals surface area contributed by atoms with Gasteiger partial charge in [-0.25, -0.2) is 13.6 Å². The summed E-state index contributed by atoms with van der Waals surface area (Å²) in [5.74, 6) is -3.73. The number of benzene rings is 2. The lowest BCUT2D eigenvalue weighted by molar-refractivity contribution is -0.384. The number of carbonyl (C=O) groups excluding carboxylic acids is 2. The number of hydrogen-bond donors (Lipinski definition) is 1. The molecule has 1 atom stereocenters. The zero-order valence-corrected chi connectivity index (χ0v) is 14.2. The summed E-state index contributed by atoms with van der Waals surface area (Å²) in [6.07, 6.45) is -1.38. The van der Waals surface area contributed by atoms with Crippen LogP contribution in [0.3, 0.4) is 0 Å². The predicted molar refractivity (Wildman–Crippen MR) is 89.5 cm³/mol. The van der Waals surface area contributed by atoms with Gasteiger partial charge in [0.1, 0.15) is 23.1 Å². The Bertz CT molecular complexity index is 883. The Morgan fingerprint density at radius 2 is 1.78 bits per heavy atom. The standard InChI is InChI=1S/C17H14F2N2O6/c1-9(27-17(23)10-5-11(18)7-12(19)6-10)16(22)20-14-4-3-13(26-2)8-15(14)21(24)25/h3-9H,1-2H3,(H,20,22)/t9-/m1/s1. The number of anilines is 1. The minimum Gasteiger partial charge on any atom is -0.496 e. The van der Waals surface area contributed by atoms with Crippen molar-refractivity contribution in [1.29, 1.82) is 0 Å². The molecular formula is C17H14F2N2O6. The van der Waals surface area contributed by atoms with Crippen molar-refractivity contribution < 1.29 is 32.8 Å². The van der Waals surface area contributed by atoms with Crippen LogP contribution in [0, 0.1) is 21.7 Å². The third-order valence-electron chi connectivity index (χ3n) is 3.41. The van der Waals surface area contributed by atoms with Gasteiger partial charge in [0.2, 0.25) is 0 Å². The van der Waals surface area contributed by atoms with Crippen LogP contribution in [0.4, 0.5) is 20.2 Å². The van der Waals surface area contributed by atoms with E-state index in [1.807, 2.05) is 0 Å². The third kappa shape index (κ3) is 4.97. The number of methoxy groups -OCH3 is 1. The van der Waals surface area contributed by atoms with E-state index in [1.54, 1.807) is 0 Å². The average molecular weight is 380 g/mol. The van der Waals surface area contributed by atoms with E-state index in [9.17, 15) is 28.5 Å². The van der Waals surface area contributed by atoms with Gasteiger partial charge < -0.3 is 14.8 Å². The summed E-state index contributed by atoms with van der Waals surface area (Å²) in [5.41, 5.74) is -0.971. The van der Waals surface area contributed by atoms with Crippen molar-refractivity contribution in [3.63, 3.8) is 0 Å². The molecule has 0 aliphatic carbocycles. The highest BCUT2D eigenvalue weighted by atomic mass is 19.1. The van der Waals surface area contributed by atoms with E-state index in [2.05, 4.69) is 5.32 Å². The highest BCUT2D eigenvalue weighted by Crippen LogP contribution is 2.29. The Morgan fingerprint density at radius 1 is 1.15 bits per heavy atom. The molecule has 142 valence electrons. The molecule has 0 saturated heterocycles. The number of hydrogen-bond acceptors (Lipinski definition) is 6. The number of esters is 1. The Morgan fingerprint density at radius 3 is 2.33 bits per heavy atom. The van der Waals surface area contributed by atoms with E-state index in [0.29, 0.717) is 6.07 Å². The summed E-state index contributed by atoms with van der Waals surface area (Å²) in [6, 6.07) is 5.85. The molecular weight excluding hydrogens is 366 g/mol. The molecule has 0 saturated carbocycles. The first-order valence-corrected chi connectivity index (χ1v) is 7.51.